The van der Waals surface area contributed by atoms with E-state index in [0.29, 0.717) is 10.6 Å². The fraction of sp³-hybridized carbons (Fsp3) is 0.304. The van der Waals surface area contributed by atoms with Crippen LogP contribution < -0.4 is 0 Å². The molecule has 0 radical (unpaired) electrons. The highest BCUT2D eigenvalue weighted by Gasteiger charge is 2.31. The Balaban J connectivity index is 2.03. The van der Waals surface area contributed by atoms with Crippen LogP contribution in [0.3, 0.4) is 0 Å². The molecule has 0 unspecified atom stereocenters. The van der Waals surface area contributed by atoms with E-state index >= 15 is 0 Å². The Morgan fingerprint density at radius 3 is 2.59 bits per heavy atom. The summed E-state index contributed by atoms with van der Waals surface area (Å²) >= 11 is 7.59. The summed E-state index contributed by atoms with van der Waals surface area (Å²) in [4.78, 5) is 12.2. The summed E-state index contributed by atoms with van der Waals surface area (Å²) in [7, 11) is -3.93. The number of benzene rings is 2. The van der Waals surface area contributed by atoms with Gasteiger partial charge in [0.2, 0.25) is 10.0 Å². The first-order chi connectivity index (χ1) is 15.1. The Hall–Kier alpha value is -2.26. The molecular formula is C23H25ClN2O4S2. The molecule has 1 atom stereocenters. The molecule has 0 bridgehead atoms. The van der Waals surface area contributed by atoms with Crippen LogP contribution in [-0.4, -0.2) is 34.7 Å². The minimum Gasteiger partial charge on any atom is -0.481 e. The van der Waals surface area contributed by atoms with Crippen LogP contribution in [0.15, 0.2) is 53.6 Å². The zero-order valence-electron chi connectivity index (χ0n) is 18.1. The third kappa shape index (κ3) is 5.20. The van der Waals surface area contributed by atoms with Crippen LogP contribution in [0, 0.1) is 13.8 Å². The SMILES string of the molecule is Cc1cnsc1-c1cccc([C@H](C)N(CCCC(=O)O)S(=O)(=O)c2cccc(Cl)c2C)c1. The van der Waals surface area contributed by atoms with E-state index in [0.717, 1.165) is 21.6 Å². The molecule has 1 heterocycles. The minimum atomic E-state index is -3.93. The first-order valence-corrected chi connectivity index (χ1v) is 12.7. The van der Waals surface area contributed by atoms with E-state index in [1.807, 2.05) is 38.1 Å². The summed E-state index contributed by atoms with van der Waals surface area (Å²) in [5, 5.41) is 9.43. The molecule has 1 aromatic heterocycles. The van der Waals surface area contributed by atoms with Crippen molar-refractivity contribution in [2.24, 2.45) is 0 Å². The first kappa shape index (κ1) is 24.4. The number of hydrogen-bond acceptors (Lipinski definition) is 5. The molecule has 9 heteroatoms. The van der Waals surface area contributed by atoms with Gasteiger partial charge in [-0.15, -0.1) is 0 Å². The van der Waals surface area contributed by atoms with Crippen molar-refractivity contribution in [3.05, 3.63) is 70.4 Å². The van der Waals surface area contributed by atoms with Gasteiger partial charge in [-0.1, -0.05) is 35.9 Å². The highest BCUT2D eigenvalue weighted by atomic mass is 35.5. The monoisotopic (exact) mass is 492 g/mol. The average molecular weight is 493 g/mol. The number of carboxylic acid groups (broad SMARTS) is 1. The van der Waals surface area contributed by atoms with E-state index in [-0.39, 0.29) is 24.3 Å². The van der Waals surface area contributed by atoms with E-state index < -0.39 is 22.0 Å². The predicted octanol–water partition coefficient (Wildman–Crippen LogP) is 5.70. The van der Waals surface area contributed by atoms with Gasteiger partial charge < -0.3 is 5.11 Å². The van der Waals surface area contributed by atoms with Gasteiger partial charge in [0.25, 0.3) is 0 Å². The smallest absolute Gasteiger partial charge is 0.303 e. The molecule has 3 aromatic rings. The van der Waals surface area contributed by atoms with Gasteiger partial charge >= 0.3 is 5.97 Å². The molecule has 170 valence electrons. The summed E-state index contributed by atoms with van der Waals surface area (Å²) in [6, 6.07) is 12.0. The van der Waals surface area contributed by atoms with Crippen molar-refractivity contribution in [1.29, 1.82) is 0 Å². The molecule has 0 saturated carbocycles. The van der Waals surface area contributed by atoms with Gasteiger partial charge in [0, 0.05) is 30.2 Å². The molecule has 3 rings (SSSR count). The highest BCUT2D eigenvalue weighted by molar-refractivity contribution is 7.89. The lowest BCUT2D eigenvalue weighted by Crippen LogP contribution is -2.35. The third-order valence-corrected chi connectivity index (χ3v) is 8.86. The number of aromatic nitrogens is 1. The van der Waals surface area contributed by atoms with E-state index in [1.54, 1.807) is 25.3 Å². The van der Waals surface area contributed by atoms with E-state index in [9.17, 15) is 13.2 Å². The van der Waals surface area contributed by atoms with Gasteiger partial charge in [-0.2, -0.15) is 4.31 Å². The van der Waals surface area contributed by atoms with Crippen molar-refractivity contribution in [2.45, 2.75) is 44.6 Å². The fourth-order valence-electron chi connectivity index (χ4n) is 3.58. The van der Waals surface area contributed by atoms with Crippen molar-refractivity contribution in [1.82, 2.24) is 8.68 Å². The molecular weight excluding hydrogens is 468 g/mol. The Bertz CT molecular complexity index is 1220. The molecule has 32 heavy (non-hydrogen) atoms. The number of hydrogen-bond donors (Lipinski definition) is 1. The molecule has 2 aromatic carbocycles. The molecule has 0 aliphatic carbocycles. The summed E-state index contributed by atoms with van der Waals surface area (Å²) in [5.74, 6) is -0.961. The molecule has 6 nitrogen and oxygen atoms in total. The van der Waals surface area contributed by atoms with E-state index in [2.05, 4.69) is 4.37 Å². The van der Waals surface area contributed by atoms with Gasteiger partial charge in [-0.3, -0.25) is 4.79 Å². The van der Waals surface area contributed by atoms with Gasteiger partial charge in [-0.05, 0) is 79.2 Å². The van der Waals surface area contributed by atoms with E-state index in [1.165, 1.54) is 21.9 Å². The van der Waals surface area contributed by atoms with Gasteiger partial charge in [0.15, 0.2) is 0 Å². The molecule has 0 fully saturated rings. The number of aryl methyl sites for hydroxylation is 1. The highest BCUT2D eigenvalue weighted by Crippen LogP contribution is 2.34. The maximum absolute atomic E-state index is 13.7. The van der Waals surface area contributed by atoms with Gasteiger partial charge in [-0.25, -0.2) is 12.8 Å². The normalized spacial score (nSPS) is 12.8. The Morgan fingerprint density at radius 1 is 1.22 bits per heavy atom. The molecule has 0 spiro atoms. The predicted molar refractivity (Wildman–Crippen MR) is 128 cm³/mol. The Kier molecular flexibility index (Phi) is 7.71. The fourth-order valence-corrected chi connectivity index (χ4v) is 6.46. The number of carboxylic acids is 1. The van der Waals surface area contributed by atoms with Crippen LogP contribution in [0.25, 0.3) is 10.4 Å². The van der Waals surface area contributed by atoms with Crippen LogP contribution in [0.4, 0.5) is 0 Å². The number of nitrogens with zero attached hydrogens (tertiary/aromatic N) is 2. The van der Waals surface area contributed by atoms with E-state index in [4.69, 9.17) is 16.7 Å². The molecule has 0 amide bonds. The van der Waals surface area contributed by atoms with Crippen LogP contribution in [0.5, 0.6) is 0 Å². The number of halogens is 1. The lowest BCUT2D eigenvalue weighted by Gasteiger charge is -2.29. The summed E-state index contributed by atoms with van der Waals surface area (Å²) in [6.45, 7) is 5.55. The summed E-state index contributed by atoms with van der Waals surface area (Å²) < 4.78 is 32.9. The second-order valence-electron chi connectivity index (χ2n) is 7.62. The molecule has 0 aliphatic rings. The maximum Gasteiger partial charge on any atom is 0.303 e. The standard InChI is InChI=1S/C23H25ClN2O4S2/c1-15-14-25-31-23(15)19-8-4-7-18(13-19)17(3)26(12-6-11-22(27)28)32(29,30)21-10-5-9-20(24)16(21)2/h4-5,7-10,13-14,17H,6,11-12H2,1-3H3,(H,27,28)/t17-/m0/s1. The van der Waals surface area contributed by atoms with Gasteiger partial charge in [0.05, 0.1) is 9.77 Å². The van der Waals surface area contributed by atoms with Crippen molar-refractivity contribution in [3.8, 4) is 10.4 Å². The van der Waals surface area contributed by atoms with Gasteiger partial charge in [0.1, 0.15) is 0 Å². The number of rotatable bonds is 9. The zero-order chi connectivity index (χ0) is 23.5. The van der Waals surface area contributed by atoms with Crippen LogP contribution in [-0.2, 0) is 14.8 Å². The maximum atomic E-state index is 13.7. The number of sulfonamides is 1. The second kappa shape index (κ2) is 10.1. The number of aliphatic carboxylic acids is 1. The van der Waals surface area contributed by atoms with Crippen molar-refractivity contribution < 1.29 is 18.3 Å². The minimum absolute atomic E-state index is 0.0750. The van der Waals surface area contributed by atoms with Crippen molar-refractivity contribution >= 4 is 39.1 Å². The number of carbonyl (C=O) groups is 1. The van der Waals surface area contributed by atoms with Crippen LogP contribution >= 0.6 is 23.1 Å². The largest absolute Gasteiger partial charge is 0.481 e. The zero-order valence-corrected chi connectivity index (χ0v) is 20.5. The second-order valence-corrected chi connectivity index (χ2v) is 10.7. The lowest BCUT2D eigenvalue weighted by molar-refractivity contribution is -0.137. The lowest BCUT2D eigenvalue weighted by atomic mass is 10.0. The summed E-state index contributed by atoms with van der Waals surface area (Å²) in [6.07, 6.45) is 1.89. The van der Waals surface area contributed by atoms with Crippen LogP contribution in [0.2, 0.25) is 5.02 Å². The van der Waals surface area contributed by atoms with Crippen molar-refractivity contribution in [3.63, 3.8) is 0 Å². The average Bonchev–Trinajstić information content (AvgIpc) is 3.18. The molecule has 0 saturated heterocycles. The quantitative estimate of drug-likeness (QED) is 0.414. The Labute approximate surface area is 197 Å². The first-order valence-electron chi connectivity index (χ1n) is 10.1. The molecule has 1 N–H and O–H groups in total. The van der Waals surface area contributed by atoms with Crippen LogP contribution in [0.1, 0.15) is 42.5 Å². The molecule has 0 aliphatic heterocycles. The Morgan fingerprint density at radius 2 is 1.94 bits per heavy atom. The third-order valence-electron chi connectivity index (χ3n) is 5.39. The van der Waals surface area contributed by atoms with Crippen molar-refractivity contribution in [2.75, 3.05) is 6.54 Å². The topological polar surface area (TPSA) is 87.6 Å². The summed E-state index contributed by atoms with van der Waals surface area (Å²) in [5.41, 5.74) is 3.31.